The van der Waals surface area contributed by atoms with Gasteiger partial charge in [-0.25, -0.2) is 0 Å². The van der Waals surface area contributed by atoms with Crippen molar-refractivity contribution in [3.63, 3.8) is 0 Å². The molecule has 1 saturated heterocycles. The summed E-state index contributed by atoms with van der Waals surface area (Å²) in [7, 11) is 0. The van der Waals surface area contributed by atoms with Crippen molar-refractivity contribution in [2.75, 3.05) is 13.2 Å². The van der Waals surface area contributed by atoms with Crippen LogP contribution in [-0.4, -0.2) is 55.8 Å². The van der Waals surface area contributed by atoms with Crippen molar-refractivity contribution in [3.05, 3.63) is 54.5 Å². The van der Waals surface area contributed by atoms with Gasteiger partial charge in [0.15, 0.2) is 0 Å². The Morgan fingerprint density at radius 3 is 2.77 bits per heavy atom. The van der Waals surface area contributed by atoms with Crippen LogP contribution in [0.1, 0.15) is 12.0 Å². The molecule has 0 amide bonds. The van der Waals surface area contributed by atoms with Crippen LogP contribution in [0.5, 0.6) is 5.75 Å². The maximum atomic E-state index is 10.6. The number of nitrogens with one attached hydrogen (secondary N) is 3. The number of H-pyrrole nitrogens is 2. The molecule has 1 aromatic carbocycles. The number of aromatic hydroxyl groups is 1. The summed E-state index contributed by atoms with van der Waals surface area (Å²) in [5, 5.41) is 29.8. The molecule has 4 N–H and O–H groups in total. The lowest BCUT2D eigenvalue weighted by molar-refractivity contribution is 0.0561. The van der Waals surface area contributed by atoms with Crippen LogP contribution in [-0.2, 0) is 4.74 Å². The lowest BCUT2D eigenvalue weighted by atomic mass is 9.92. The summed E-state index contributed by atoms with van der Waals surface area (Å²) >= 11 is 0. The van der Waals surface area contributed by atoms with E-state index in [4.69, 9.17) is 4.74 Å². The molecule has 8 nitrogen and oxygen atoms in total. The largest absolute Gasteiger partial charge is 0.507 e. The Bertz CT molecular complexity index is 1270. The molecule has 9 heteroatoms. The van der Waals surface area contributed by atoms with Crippen LogP contribution in [0.2, 0.25) is 0 Å². The minimum Gasteiger partial charge on any atom is -0.507 e. The first kappa shape index (κ1) is 19.7. The second-order valence-corrected chi connectivity index (χ2v) is 7.82. The predicted molar refractivity (Wildman–Crippen MR) is 120 cm³/mol. The van der Waals surface area contributed by atoms with Crippen LogP contribution in [0.15, 0.2) is 48.9 Å². The maximum absolute atomic E-state index is 10.6. The third-order valence-corrected chi connectivity index (χ3v) is 5.81. The molecule has 6 rings (SSSR count). The molecule has 158 valence electrons. The van der Waals surface area contributed by atoms with Crippen molar-refractivity contribution in [2.24, 2.45) is 0 Å². The van der Waals surface area contributed by atoms with Gasteiger partial charge in [-0.15, -0.1) is 22.6 Å². The predicted octanol–water partition coefficient (Wildman–Crippen LogP) is 3.29. The summed E-state index contributed by atoms with van der Waals surface area (Å²) < 4.78 is 5.63. The first-order valence-electron chi connectivity index (χ1n) is 9.97. The highest BCUT2D eigenvalue weighted by Crippen LogP contribution is 2.35. The number of aromatic amines is 2. The fourth-order valence-corrected chi connectivity index (χ4v) is 4.36. The molecule has 0 spiro atoms. The van der Waals surface area contributed by atoms with E-state index in [1.54, 1.807) is 18.5 Å². The Morgan fingerprint density at radius 1 is 1.03 bits per heavy atom. The zero-order valence-electron chi connectivity index (χ0n) is 16.5. The normalized spacial score (nSPS) is 20.3. The quantitative estimate of drug-likeness (QED) is 0.392. The number of ether oxygens (including phenoxy) is 1. The third kappa shape index (κ3) is 3.48. The molecule has 0 saturated carbocycles. The zero-order valence-corrected chi connectivity index (χ0v) is 17.3. The molecule has 2 unspecified atom stereocenters. The highest BCUT2D eigenvalue weighted by Gasteiger charge is 2.28. The van der Waals surface area contributed by atoms with E-state index in [-0.39, 0.29) is 24.2 Å². The number of rotatable bonds is 3. The van der Waals surface area contributed by atoms with Gasteiger partial charge in [0.25, 0.3) is 0 Å². The number of hydrogen-bond donors (Lipinski definition) is 4. The van der Waals surface area contributed by atoms with E-state index in [0.29, 0.717) is 23.9 Å². The second-order valence-electron chi connectivity index (χ2n) is 7.82. The molecule has 4 aromatic rings. The van der Waals surface area contributed by atoms with E-state index in [1.165, 1.54) is 5.57 Å². The Morgan fingerprint density at radius 2 is 1.97 bits per heavy atom. The number of halogens is 1. The van der Waals surface area contributed by atoms with Gasteiger partial charge in [0, 0.05) is 41.2 Å². The fourth-order valence-electron chi connectivity index (χ4n) is 4.36. The Balaban J connectivity index is 0.00000204. The molecular formula is C22H21ClN6O2. The van der Waals surface area contributed by atoms with Crippen molar-refractivity contribution < 1.29 is 9.84 Å². The first-order valence-corrected chi connectivity index (χ1v) is 9.97. The smallest absolute Gasteiger partial charge is 0.125 e. The summed E-state index contributed by atoms with van der Waals surface area (Å²) in [6, 6.07) is 8.03. The van der Waals surface area contributed by atoms with E-state index in [2.05, 4.69) is 36.8 Å². The summed E-state index contributed by atoms with van der Waals surface area (Å²) in [5.74, 6) is 0.156. The van der Waals surface area contributed by atoms with Gasteiger partial charge in [-0.2, -0.15) is 5.10 Å². The molecule has 2 aliphatic heterocycles. The first-order chi connectivity index (χ1) is 14.7. The molecule has 2 aliphatic rings. The fraction of sp³-hybridized carbons (Fsp3) is 0.227. The van der Waals surface area contributed by atoms with Crippen LogP contribution in [0, 0.1) is 0 Å². The number of morpholine rings is 1. The van der Waals surface area contributed by atoms with Gasteiger partial charge in [0.05, 0.1) is 30.6 Å². The highest BCUT2D eigenvalue weighted by molar-refractivity contribution is 5.91. The summed E-state index contributed by atoms with van der Waals surface area (Å²) in [4.78, 5) is 3.33. The molecule has 31 heavy (non-hydrogen) atoms. The van der Waals surface area contributed by atoms with Crippen molar-refractivity contribution in [3.8, 4) is 28.1 Å². The maximum Gasteiger partial charge on any atom is 0.125 e. The van der Waals surface area contributed by atoms with Gasteiger partial charge in [-0.3, -0.25) is 5.10 Å². The Hall–Kier alpha value is -3.20. The molecule has 0 aliphatic carbocycles. The SMILES string of the molecule is Cl.Oc1cc(-c2cn[nH]c2)ccc1-c1cc2[nH]cc(C3=CC4COCC(C3)N4)c2nn1. The van der Waals surface area contributed by atoms with Gasteiger partial charge in [-0.05, 0) is 35.8 Å². The molecular weight excluding hydrogens is 416 g/mol. The molecule has 5 heterocycles. The van der Waals surface area contributed by atoms with E-state index in [0.717, 1.165) is 40.8 Å². The molecule has 1 fully saturated rings. The van der Waals surface area contributed by atoms with Gasteiger partial charge in [-0.1, -0.05) is 12.1 Å². The van der Waals surface area contributed by atoms with Crippen LogP contribution >= 0.6 is 12.4 Å². The van der Waals surface area contributed by atoms with Gasteiger partial charge >= 0.3 is 0 Å². The highest BCUT2D eigenvalue weighted by atomic mass is 35.5. The van der Waals surface area contributed by atoms with Gasteiger partial charge < -0.3 is 20.1 Å². The Labute approximate surface area is 184 Å². The lowest BCUT2D eigenvalue weighted by Crippen LogP contribution is -2.50. The molecule has 2 bridgehead atoms. The number of hydrogen-bond acceptors (Lipinski definition) is 6. The molecule has 2 atom stereocenters. The van der Waals surface area contributed by atoms with Crippen molar-refractivity contribution in [1.29, 1.82) is 0 Å². The zero-order chi connectivity index (χ0) is 20.1. The monoisotopic (exact) mass is 436 g/mol. The number of nitrogens with zero attached hydrogens (tertiary/aromatic N) is 3. The second kappa shape index (κ2) is 7.81. The average Bonchev–Trinajstić information content (AvgIpc) is 3.43. The lowest BCUT2D eigenvalue weighted by Gasteiger charge is -2.34. The minimum absolute atomic E-state index is 0. The topological polar surface area (TPSA) is 112 Å². The average molecular weight is 437 g/mol. The number of aromatic nitrogens is 5. The number of fused-ring (bicyclic) bond motifs is 3. The standard InChI is InChI=1S/C22H20N6O2.ClH/c29-21-5-12(14-7-24-25-8-14)1-2-17(21)19-6-20-22(28-27-19)18(9-23-20)13-3-15-10-30-11-16(4-13)26-15;/h1-3,5-9,15-16,23,26,29H,4,10-11H2,(H,24,25);1H. The summed E-state index contributed by atoms with van der Waals surface area (Å²) in [6.07, 6.45) is 8.64. The van der Waals surface area contributed by atoms with Crippen LogP contribution in [0.3, 0.4) is 0 Å². The molecule has 0 radical (unpaired) electrons. The minimum atomic E-state index is 0. The van der Waals surface area contributed by atoms with E-state index in [1.807, 2.05) is 24.4 Å². The Kier molecular flexibility index (Phi) is 4.97. The van der Waals surface area contributed by atoms with E-state index < -0.39 is 0 Å². The van der Waals surface area contributed by atoms with Crippen LogP contribution in [0.4, 0.5) is 0 Å². The van der Waals surface area contributed by atoms with Gasteiger partial charge in [0.2, 0.25) is 0 Å². The van der Waals surface area contributed by atoms with E-state index >= 15 is 0 Å². The van der Waals surface area contributed by atoms with Gasteiger partial charge in [0.1, 0.15) is 11.3 Å². The number of phenolic OH excluding ortho intramolecular Hbond substituents is 1. The number of benzene rings is 1. The number of phenols is 1. The van der Waals surface area contributed by atoms with Crippen molar-refractivity contribution >= 4 is 29.0 Å². The summed E-state index contributed by atoms with van der Waals surface area (Å²) in [6.45, 7) is 1.44. The van der Waals surface area contributed by atoms with Crippen molar-refractivity contribution in [1.82, 2.24) is 30.7 Å². The van der Waals surface area contributed by atoms with E-state index in [9.17, 15) is 5.11 Å². The van der Waals surface area contributed by atoms with Crippen LogP contribution < -0.4 is 5.32 Å². The molecule has 3 aromatic heterocycles. The summed E-state index contributed by atoms with van der Waals surface area (Å²) in [5.41, 5.74) is 7.16. The van der Waals surface area contributed by atoms with Crippen LogP contribution in [0.25, 0.3) is 39.0 Å². The van der Waals surface area contributed by atoms with Crippen molar-refractivity contribution in [2.45, 2.75) is 18.5 Å². The third-order valence-electron chi connectivity index (χ3n) is 5.81.